The Hall–Kier alpha value is -2.63. The van der Waals surface area contributed by atoms with Gasteiger partial charge in [-0.05, 0) is 25.0 Å². The van der Waals surface area contributed by atoms with Gasteiger partial charge in [-0.25, -0.2) is 0 Å². The number of benzene rings is 1. The van der Waals surface area contributed by atoms with Gasteiger partial charge in [0.25, 0.3) is 5.91 Å². The Balaban J connectivity index is 1.92. The summed E-state index contributed by atoms with van der Waals surface area (Å²) in [6.45, 7) is 2.81. The van der Waals surface area contributed by atoms with Crippen LogP contribution in [0.5, 0.6) is 5.75 Å². The van der Waals surface area contributed by atoms with E-state index in [1.54, 1.807) is 44.3 Å². The number of carbonyl (C=O) groups is 2. The monoisotopic (exact) mass is 429 g/mol. The molecule has 2 aliphatic rings. The molecular formula is C23H31N3O5. The van der Waals surface area contributed by atoms with Crippen LogP contribution >= 0.6 is 0 Å². The quantitative estimate of drug-likeness (QED) is 0.679. The first-order chi connectivity index (χ1) is 14.8. The van der Waals surface area contributed by atoms with Gasteiger partial charge < -0.3 is 24.0 Å². The lowest BCUT2D eigenvalue weighted by molar-refractivity contribution is -0.152. The van der Waals surface area contributed by atoms with E-state index < -0.39 is 5.92 Å². The lowest BCUT2D eigenvalue weighted by Gasteiger charge is -2.38. The summed E-state index contributed by atoms with van der Waals surface area (Å²) < 4.78 is 17.8. The molecule has 1 saturated heterocycles. The number of para-hydroxylation sites is 1. The van der Waals surface area contributed by atoms with Crippen LogP contribution in [0.3, 0.4) is 0 Å². The maximum atomic E-state index is 13.1. The van der Waals surface area contributed by atoms with Crippen LogP contribution < -0.4 is 4.74 Å². The number of nitriles is 1. The SMILES string of the molecule is CO[C@@H]1CC[C@@H]2CCOc3c(C#N)cccc3C(=O)N(C)C[C@H](C)C(=O)N(C)C[C@H]1O2. The minimum Gasteiger partial charge on any atom is -0.491 e. The molecule has 0 spiro atoms. The van der Waals surface area contributed by atoms with Crippen molar-refractivity contribution in [3.63, 3.8) is 0 Å². The van der Waals surface area contributed by atoms with Crippen LogP contribution in [-0.4, -0.2) is 80.8 Å². The van der Waals surface area contributed by atoms with Crippen molar-refractivity contribution >= 4 is 11.8 Å². The smallest absolute Gasteiger partial charge is 0.257 e. The summed E-state index contributed by atoms with van der Waals surface area (Å²) in [5.41, 5.74) is 0.639. The highest BCUT2D eigenvalue weighted by Gasteiger charge is 2.34. The molecule has 2 amide bonds. The van der Waals surface area contributed by atoms with Gasteiger partial charge in [-0.15, -0.1) is 0 Å². The summed E-state index contributed by atoms with van der Waals surface area (Å²) in [5.74, 6) is -0.445. The molecule has 0 aliphatic carbocycles. The van der Waals surface area contributed by atoms with Crippen LogP contribution in [0.1, 0.15) is 42.1 Å². The van der Waals surface area contributed by atoms with Crippen molar-refractivity contribution in [1.82, 2.24) is 9.80 Å². The first-order valence-electron chi connectivity index (χ1n) is 10.7. The summed E-state index contributed by atoms with van der Waals surface area (Å²) >= 11 is 0. The van der Waals surface area contributed by atoms with Gasteiger partial charge in [-0.3, -0.25) is 9.59 Å². The Labute approximate surface area is 183 Å². The fourth-order valence-electron chi connectivity index (χ4n) is 4.34. The van der Waals surface area contributed by atoms with E-state index in [-0.39, 0.29) is 42.4 Å². The number of carbonyl (C=O) groups excluding carboxylic acids is 2. The van der Waals surface area contributed by atoms with Gasteiger partial charge in [0, 0.05) is 40.7 Å². The summed E-state index contributed by atoms with van der Waals surface area (Å²) in [5, 5.41) is 9.51. The van der Waals surface area contributed by atoms with Crippen LogP contribution in [-0.2, 0) is 14.3 Å². The van der Waals surface area contributed by atoms with Crippen molar-refractivity contribution < 1.29 is 23.8 Å². The minimum atomic E-state index is -0.395. The Bertz CT molecular complexity index is 852. The summed E-state index contributed by atoms with van der Waals surface area (Å²) in [6, 6.07) is 7.07. The molecule has 0 saturated carbocycles. The first kappa shape index (κ1) is 23.0. The number of likely N-dealkylation sites (N-methyl/N-ethyl adjacent to an activating group) is 1. The van der Waals surface area contributed by atoms with Crippen LogP contribution in [0.4, 0.5) is 0 Å². The average molecular weight is 430 g/mol. The molecule has 1 aromatic carbocycles. The van der Waals surface area contributed by atoms with Crippen molar-refractivity contribution in [2.45, 2.75) is 44.5 Å². The molecule has 168 valence electrons. The molecule has 8 nitrogen and oxygen atoms in total. The number of amides is 2. The van der Waals surface area contributed by atoms with Gasteiger partial charge in [-0.2, -0.15) is 5.26 Å². The zero-order chi connectivity index (χ0) is 22.5. The van der Waals surface area contributed by atoms with Crippen LogP contribution in [0.2, 0.25) is 0 Å². The van der Waals surface area contributed by atoms with Crippen LogP contribution in [0, 0.1) is 17.2 Å². The normalized spacial score (nSPS) is 28.1. The van der Waals surface area contributed by atoms with Gasteiger partial charge in [0.1, 0.15) is 17.9 Å². The van der Waals surface area contributed by atoms with Crippen molar-refractivity contribution in [2.75, 3.05) is 40.9 Å². The number of ether oxygens (including phenoxy) is 3. The number of methoxy groups -OCH3 is 1. The Morgan fingerprint density at radius 1 is 1.13 bits per heavy atom. The molecule has 8 heteroatoms. The topological polar surface area (TPSA) is 92.1 Å². The summed E-state index contributed by atoms with van der Waals surface area (Å²) in [7, 11) is 5.08. The number of rotatable bonds is 1. The van der Waals surface area contributed by atoms with E-state index in [0.29, 0.717) is 30.7 Å². The van der Waals surface area contributed by atoms with Crippen LogP contribution in [0.25, 0.3) is 0 Å². The highest BCUT2D eigenvalue weighted by atomic mass is 16.5. The molecule has 0 aromatic heterocycles. The van der Waals surface area contributed by atoms with Gasteiger partial charge in [0.15, 0.2) is 0 Å². The second-order valence-electron chi connectivity index (χ2n) is 8.38. The summed E-state index contributed by atoms with van der Waals surface area (Å²) in [6.07, 6.45) is 1.93. The Morgan fingerprint density at radius 3 is 2.61 bits per heavy atom. The molecular weight excluding hydrogens is 398 g/mol. The molecule has 4 atom stereocenters. The fourth-order valence-corrected chi connectivity index (χ4v) is 4.34. The fraction of sp³-hybridized carbons (Fsp3) is 0.609. The third-order valence-corrected chi connectivity index (χ3v) is 6.06. The molecule has 0 unspecified atom stereocenters. The van der Waals surface area contributed by atoms with Gasteiger partial charge in [-0.1, -0.05) is 13.0 Å². The molecule has 31 heavy (non-hydrogen) atoms. The number of hydrogen-bond acceptors (Lipinski definition) is 6. The molecule has 0 N–H and O–H groups in total. The maximum Gasteiger partial charge on any atom is 0.257 e. The lowest BCUT2D eigenvalue weighted by atomic mass is 9.98. The molecule has 3 rings (SSSR count). The van der Waals surface area contributed by atoms with E-state index >= 15 is 0 Å². The van der Waals surface area contributed by atoms with Crippen LogP contribution in [0.15, 0.2) is 18.2 Å². The lowest BCUT2D eigenvalue weighted by Crippen LogP contribution is -2.49. The van der Waals surface area contributed by atoms with Crippen molar-refractivity contribution in [3.8, 4) is 11.8 Å². The van der Waals surface area contributed by atoms with Crippen molar-refractivity contribution in [3.05, 3.63) is 29.3 Å². The zero-order valence-electron chi connectivity index (χ0n) is 18.7. The van der Waals surface area contributed by atoms with Crippen molar-refractivity contribution in [1.29, 1.82) is 5.26 Å². The Kier molecular flexibility index (Phi) is 7.52. The molecule has 2 heterocycles. The first-order valence-corrected chi connectivity index (χ1v) is 10.7. The highest BCUT2D eigenvalue weighted by molar-refractivity contribution is 5.97. The Morgan fingerprint density at radius 2 is 1.90 bits per heavy atom. The largest absolute Gasteiger partial charge is 0.491 e. The summed E-state index contributed by atoms with van der Waals surface area (Å²) in [4.78, 5) is 29.2. The van der Waals surface area contributed by atoms with Gasteiger partial charge in [0.05, 0.1) is 35.9 Å². The third kappa shape index (κ3) is 5.17. The van der Waals surface area contributed by atoms with E-state index in [1.165, 1.54) is 4.90 Å². The number of nitrogens with zero attached hydrogens (tertiary/aromatic N) is 3. The van der Waals surface area contributed by atoms with Gasteiger partial charge >= 0.3 is 0 Å². The standard InChI is InChI=1S/C23H31N3O5/c1-15-13-25(2)23(28)18-7-5-6-16(12-24)21(18)30-11-10-17-8-9-19(29-4)20(31-17)14-26(3)22(15)27/h5-7,15,17,19-20H,8-11,13-14H2,1-4H3/t15-,17+,19+,20+/m0/s1. The second kappa shape index (κ2) is 10.1. The minimum absolute atomic E-state index is 0.0430. The third-order valence-electron chi connectivity index (χ3n) is 6.06. The molecule has 1 fully saturated rings. The maximum absolute atomic E-state index is 13.1. The number of fused-ring (bicyclic) bond motifs is 3. The number of hydrogen-bond donors (Lipinski definition) is 0. The van der Waals surface area contributed by atoms with E-state index in [4.69, 9.17) is 14.2 Å². The van der Waals surface area contributed by atoms with Crippen molar-refractivity contribution in [2.24, 2.45) is 5.92 Å². The predicted octanol–water partition coefficient (Wildman–Crippen LogP) is 2.07. The zero-order valence-corrected chi connectivity index (χ0v) is 18.7. The van der Waals surface area contributed by atoms with E-state index in [0.717, 1.165) is 12.8 Å². The predicted molar refractivity (Wildman–Crippen MR) is 114 cm³/mol. The highest BCUT2D eigenvalue weighted by Crippen LogP contribution is 2.28. The molecule has 2 bridgehead atoms. The van der Waals surface area contributed by atoms with E-state index in [2.05, 4.69) is 6.07 Å². The second-order valence-corrected chi connectivity index (χ2v) is 8.38. The van der Waals surface area contributed by atoms with E-state index in [1.807, 2.05) is 6.92 Å². The van der Waals surface area contributed by atoms with E-state index in [9.17, 15) is 14.9 Å². The van der Waals surface area contributed by atoms with Gasteiger partial charge in [0.2, 0.25) is 5.91 Å². The molecule has 2 aliphatic heterocycles. The molecule has 1 aromatic rings. The average Bonchev–Trinajstić information content (AvgIpc) is 2.77. The molecule has 0 radical (unpaired) electrons.